The SMILES string of the molecule is Cc1ccc(C(C)N2CCN(C)CC2CN)cc1. The molecule has 1 aliphatic heterocycles. The van der Waals surface area contributed by atoms with Crippen LogP contribution in [0.15, 0.2) is 24.3 Å². The van der Waals surface area contributed by atoms with Crippen LogP contribution in [0.2, 0.25) is 0 Å². The summed E-state index contributed by atoms with van der Waals surface area (Å²) in [5.41, 5.74) is 8.64. The third-order valence-corrected chi connectivity index (χ3v) is 4.06. The minimum Gasteiger partial charge on any atom is -0.329 e. The van der Waals surface area contributed by atoms with Crippen LogP contribution in [-0.2, 0) is 0 Å². The highest BCUT2D eigenvalue weighted by molar-refractivity contribution is 5.24. The Morgan fingerprint density at radius 1 is 1.28 bits per heavy atom. The standard InChI is InChI=1S/C15H25N3/c1-12-4-6-14(7-5-12)13(2)18-9-8-17(3)11-15(18)10-16/h4-7,13,15H,8-11,16H2,1-3H3. The molecule has 1 fully saturated rings. The highest BCUT2D eigenvalue weighted by Crippen LogP contribution is 2.24. The van der Waals surface area contributed by atoms with Crippen LogP contribution in [0.25, 0.3) is 0 Å². The maximum absolute atomic E-state index is 5.93. The Kier molecular flexibility index (Phi) is 4.38. The molecule has 0 bridgehead atoms. The van der Waals surface area contributed by atoms with Crippen molar-refractivity contribution in [2.75, 3.05) is 33.2 Å². The minimum atomic E-state index is 0.452. The summed E-state index contributed by atoms with van der Waals surface area (Å²) in [6.07, 6.45) is 0. The van der Waals surface area contributed by atoms with E-state index in [-0.39, 0.29) is 0 Å². The molecule has 3 heteroatoms. The van der Waals surface area contributed by atoms with E-state index in [1.165, 1.54) is 11.1 Å². The van der Waals surface area contributed by atoms with Gasteiger partial charge in [0, 0.05) is 38.3 Å². The van der Waals surface area contributed by atoms with Gasteiger partial charge in [0.2, 0.25) is 0 Å². The molecule has 0 radical (unpaired) electrons. The van der Waals surface area contributed by atoms with Gasteiger partial charge in [-0.15, -0.1) is 0 Å². The molecule has 3 nitrogen and oxygen atoms in total. The number of hydrogen-bond acceptors (Lipinski definition) is 3. The second-order valence-electron chi connectivity index (χ2n) is 5.48. The first-order valence-corrected chi connectivity index (χ1v) is 6.82. The van der Waals surface area contributed by atoms with E-state index in [1.807, 2.05) is 0 Å². The van der Waals surface area contributed by atoms with Crippen LogP contribution in [0.4, 0.5) is 0 Å². The van der Waals surface area contributed by atoms with E-state index in [4.69, 9.17) is 5.73 Å². The van der Waals surface area contributed by atoms with Crippen LogP contribution in [0, 0.1) is 6.92 Å². The summed E-state index contributed by atoms with van der Waals surface area (Å²) in [6, 6.07) is 9.80. The van der Waals surface area contributed by atoms with Gasteiger partial charge in [0.05, 0.1) is 0 Å². The van der Waals surface area contributed by atoms with E-state index in [9.17, 15) is 0 Å². The van der Waals surface area contributed by atoms with Crippen molar-refractivity contribution < 1.29 is 0 Å². The predicted octanol–water partition coefficient (Wildman–Crippen LogP) is 1.63. The normalized spacial score (nSPS) is 24.1. The van der Waals surface area contributed by atoms with Gasteiger partial charge >= 0.3 is 0 Å². The third kappa shape index (κ3) is 2.91. The summed E-state index contributed by atoms with van der Waals surface area (Å²) in [7, 11) is 2.18. The van der Waals surface area contributed by atoms with Crippen molar-refractivity contribution >= 4 is 0 Å². The Hall–Kier alpha value is -0.900. The van der Waals surface area contributed by atoms with Crippen molar-refractivity contribution in [2.24, 2.45) is 5.73 Å². The number of benzene rings is 1. The van der Waals surface area contributed by atoms with E-state index in [0.29, 0.717) is 12.1 Å². The van der Waals surface area contributed by atoms with Crippen molar-refractivity contribution in [3.8, 4) is 0 Å². The molecule has 0 amide bonds. The molecule has 0 saturated carbocycles. The number of hydrogen-bond donors (Lipinski definition) is 1. The second-order valence-corrected chi connectivity index (χ2v) is 5.48. The van der Waals surface area contributed by atoms with Crippen LogP contribution in [0.3, 0.4) is 0 Å². The minimum absolute atomic E-state index is 0.452. The van der Waals surface area contributed by atoms with Gasteiger partial charge in [0.1, 0.15) is 0 Å². The molecule has 0 spiro atoms. The molecule has 1 aliphatic rings. The zero-order chi connectivity index (χ0) is 13.1. The monoisotopic (exact) mass is 247 g/mol. The molecule has 2 rings (SSSR count). The lowest BCUT2D eigenvalue weighted by Gasteiger charge is -2.43. The Labute approximate surface area is 111 Å². The van der Waals surface area contributed by atoms with E-state index in [1.54, 1.807) is 0 Å². The number of aryl methyl sites for hydroxylation is 1. The van der Waals surface area contributed by atoms with Crippen molar-refractivity contribution in [1.29, 1.82) is 0 Å². The second kappa shape index (κ2) is 5.83. The maximum Gasteiger partial charge on any atom is 0.0352 e. The maximum atomic E-state index is 5.93. The van der Waals surface area contributed by atoms with Crippen LogP contribution >= 0.6 is 0 Å². The van der Waals surface area contributed by atoms with E-state index < -0.39 is 0 Å². The van der Waals surface area contributed by atoms with Gasteiger partial charge in [-0.1, -0.05) is 29.8 Å². The molecular weight excluding hydrogens is 222 g/mol. The van der Waals surface area contributed by atoms with E-state index in [2.05, 4.69) is 55.0 Å². The molecule has 0 aliphatic carbocycles. The van der Waals surface area contributed by atoms with Gasteiger partial charge in [-0.25, -0.2) is 0 Å². The largest absolute Gasteiger partial charge is 0.329 e. The Morgan fingerprint density at radius 3 is 2.56 bits per heavy atom. The summed E-state index contributed by atoms with van der Waals surface area (Å²) in [6.45, 7) is 8.47. The van der Waals surface area contributed by atoms with Crippen LogP contribution in [0.1, 0.15) is 24.1 Å². The molecule has 100 valence electrons. The lowest BCUT2D eigenvalue weighted by atomic mass is 10.0. The van der Waals surface area contributed by atoms with E-state index in [0.717, 1.165) is 26.2 Å². The van der Waals surface area contributed by atoms with Gasteiger partial charge in [0.25, 0.3) is 0 Å². The molecule has 0 aromatic heterocycles. The summed E-state index contributed by atoms with van der Waals surface area (Å²) in [4.78, 5) is 4.92. The van der Waals surface area contributed by atoms with Crippen LogP contribution in [0.5, 0.6) is 0 Å². The van der Waals surface area contributed by atoms with Crippen molar-refractivity contribution in [3.05, 3.63) is 35.4 Å². The summed E-state index contributed by atoms with van der Waals surface area (Å²) < 4.78 is 0. The highest BCUT2D eigenvalue weighted by Gasteiger charge is 2.28. The first-order chi connectivity index (χ1) is 8.61. The zero-order valence-electron chi connectivity index (χ0n) is 11.8. The fourth-order valence-electron chi connectivity index (χ4n) is 2.78. The summed E-state index contributed by atoms with van der Waals surface area (Å²) in [5, 5.41) is 0. The van der Waals surface area contributed by atoms with Gasteiger partial charge in [-0.3, -0.25) is 4.90 Å². The predicted molar refractivity (Wildman–Crippen MR) is 76.6 cm³/mol. The lowest BCUT2D eigenvalue weighted by Crippen LogP contribution is -2.55. The Balaban J connectivity index is 2.11. The molecule has 18 heavy (non-hydrogen) atoms. The molecule has 2 unspecified atom stereocenters. The summed E-state index contributed by atoms with van der Waals surface area (Å²) in [5.74, 6) is 0. The van der Waals surface area contributed by atoms with Crippen molar-refractivity contribution in [2.45, 2.75) is 25.9 Å². The molecule has 2 N–H and O–H groups in total. The smallest absolute Gasteiger partial charge is 0.0352 e. The first kappa shape index (κ1) is 13.5. The zero-order valence-corrected chi connectivity index (χ0v) is 11.8. The van der Waals surface area contributed by atoms with Gasteiger partial charge in [-0.2, -0.15) is 0 Å². The fourth-order valence-corrected chi connectivity index (χ4v) is 2.78. The van der Waals surface area contributed by atoms with Crippen molar-refractivity contribution in [1.82, 2.24) is 9.80 Å². The number of piperazine rings is 1. The fraction of sp³-hybridized carbons (Fsp3) is 0.600. The topological polar surface area (TPSA) is 32.5 Å². The van der Waals surface area contributed by atoms with E-state index >= 15 is 0 Å². The lowest BCUT2D eigenvalue weighted by molar-refractivity contribution is 0.0621. The average Bonchev–Trinajstić information content (AvgIpc) is 2.38. The summed E-state index contributed by atoms with van der Waals surface area (Å²) >= 11 is 0. The number of rotatable bonds is 3. The van der Waals surface area contributed by atoms with Crippen molar-refractivity contribution in [3.63, 3.8) is 0 Å². The highest BCUT2D eigenvalue weighted by atomic mass is 15.3. The molecule has 1 heterocycles. The molecule has 1 aromatic carbocycles. The van der Waals surface area contributed by atoms with Crippen LogP contribution in [-0.4, -0.2) is 49.1 Å². The molecular formula is C15H25N3. The van der Waals surface area contributed by atoms with Crippen LogP contribution < -0.4 is 5.73 Å². The Bertz CT molecular complexity index is 374. The van der Waals surface area contributed by atoms with Gasteiger partial charge in [-0.05, 0) is 26.5 Å². The average molecular weight is 247 g/mol. The first-order valence-electron chi connectivity index (χ1n) is 6.82. The molecule has 2 atom stereocenters. The number of likely N-dealkylation sites (N-methyl/N-ethyl adjacent to an activating group) is 1. The van der Waals surface area contributed by atoms with Gasteiger partial charge in [0.15, 0.2) is 0 Å². The van der Waals surface area contributed by atoms with Gasteiger partial charge < -0.3 is 10.6 Å². The molecule has 1 saturated heterocycles. The number of nitrogens with zero attached hydrogens (tertiary/aromatic N) is 2. The Morgan fingerprint density at radius 2 is 1.94 bits per heavy atom. The third-order valence-electron chi connectivity index (χ3n) is 4.06. The quantitative estimate of drug-likeness (QED) is 0.881. The number of nitrogens with two attached hydrogens (primary N) is 1. The molecule has 1 aromatic rings.